The van der Waals surface area contributed by atoms with Crippen LogP contribution in [0, 0.1) is 5.41 Å². The second kappa shape index (κ2) is 6.86. The Morgan fingerprint density at radius 3 is 2.62 bits per heavy atom. The molecule has 3 rings (SSSR count). The number of likely N-dealkylation sites (tertiary alicyclic amines) is 1. The molecule has 1 aliphatic heterocycles. The smallest absolute Gasteiger partial charge is 0.335 e. The van der Waals surface area contributed by atoms with Crippen LogP contribution in [0.25, 0.3) is 11.3 Å². The normalized spacial score (nSPS) is 17.3. The number of nitrogens with zero attached hydrogens (tertiary/aromatic N) is 3. The third-order valence-corrected chi connectivity index (χ3v) is 4.58. The highest BCUT2D eigenvalue weighted by Crippen LogP contribution is 2.37. The number of rotatable bonds is 3. The predicted molar refractivity (Wildman–Crippen MR) is 97.6 cm³/mol. The Kier molecular flexibility index (Phi) is 4.76. The van der Waals surface area contributed by atoms with Crippen molar-refractivity contribution in [2.24, 2.45) is 5.41 Å². The number of hydrogen-bond donors (Lipinski definition) is 1. The molecule has 1 aliphatic rings. The first-order chi connectivity index (χ1) is 12.3. The van der Waals surface area contributed by atoms with Gasteiger partial charge in [-0.2, -0.15) is 0 Å². The van der Waals surface area contributed by atoms with E-state index in [2.05, 4.69) is 9.97 Å². The molecule has 136 valence electrons. The summed E-state index contributed by atoms with van der Waals surface area (Å²) in [6.07, 6.45) is 4.96. The molecule has 2 aromatic rings. The van der Waals surface area contributed by atoms with Crippen molar-refractivity contribution < 1.29 is 14.7 Å². The molecule has 1 N–H and O–H groups in total. The van der Waals surface area contributed by atoms with E-state index in [1.54, 1.807) is 30.6 Å². The fourth-order valence-electron chi connectivity index (χ4n) is 3.34. The molecule has 0 unspecified atom stereocenters. The molecule has 1 saturated heterocycles. The van der Waals surface area contributed by atoms with Gasteiger partial charge in [-0.3, -0.25) is 14.8 Å². The van der Waals surface area contributed by atoms with Crippen LogP contribution in [0.15, 0.2) is 36.7 Å². The van der Waals surface area contributed by atoms with Crippen molar-refractivity contribution >= 4 is 11.9 Å². The van der Waals surface area contributed by atoms with Crippen molar-refractivity contribution in [2.75, 3.05) is 6.54 Å². The number of hydrogen-bond acceptors (Lipinski definition) is 4. The van der Waals surface area contributed by atoms with E-state index in [0.717, 1.165) is 18.5 Å². The zero-order valence-electron chi connectivity index (χ0n) is 15.3. The maximum absolute atomic E-state index is 12.8. The number of carboxylic acid groups (broad SMARTS) is 1. The molecule has 1 atom stereocenters. The van der Waals surface area contributed by atoms with E-state index in [4.69, 9.17) is 0 Å². The van der Waals surface area contributed by atoms with Crippen LogP contribution in [0.1, 0.15) is 55.7 Å². The number of carbonyl (C=O) groups excluding carboxylic acids is 1. The van der Waals surface area contributed by atoms with Gasteiger partial charge in [0.1, 0.15) is 0 Å². The van der Waals surface area contributed by atoms with E-state index >= 15 is 0 Å². The van der Waals surface area contributed by atoms with Crippen molar-refractivity contribution in [3.8, 4) is 11.3 Å². The molecule has 6 heteroatoms. The van der Waals surface area contributed by atoms with Gasteiger partial charge in [-0.05, 0) is 25.0 Å². The Balaban J connectivity index is 2.03. The lowest BCUT2D eigenvalue weighted by atomic mass is 9.93. The lowest BCUT2D eigenvalue weighted by Gasteiger charge is -2.31. The van der Waals surface area contributed by atoms with Crippen LogP contribution in [0.3, 0.4) is 0 Å². The fourth-order valence-corrected chi connectivity index (χ4v) is 3.34. The average molecular weight is 353 g/mol. The van der Waals surface area contributed by atoms with Crippen molar-refractivity contribution in [3.05, 3.63) is 47.9 Å². The van der Waals surface area contributed by atoms with Gasteiger partial charge in [0.15, 0.2) is 0 Å². The summed E-state index contributed by atoms with van der Waals surface area (Å²) in [7, 11) is 0. The topological polar surface area (TPSA) is 83.4 Å². The summed E-state index contributed by atoms with van der Waals surface area (Å²) in [6.45, 7) is 6.45. The van der Waals surface area contributed by atoms with E-state index in [-0.39, 0.29) is 17.5 Å². The number of amides is 1. The molecular weight excluding hydrogens is 330 g/mol. The van der Waals surface area contributed by atoms with Crippen molar-refractivity contribution in [1.82, 2.24) is 14.9 Å². The Bertz CT molecular complexity index is 842. The van der Waals surface area contributed by atoms with Gasteiger partial charge in [0.05, 0.1) is 23.0 Å². The average Bonchev–Trinajstić information content (AvgIpc) is 3.09. The zero-order chi connectivity index (χ0) is 18.9. The first-order valence-electron chi connectivity index (χ1n) is 8.75. The van der Waals surface area contributed by atoms with Crippen LogP contribution in [0.4, 0.5) is 0 Å². The SMILES string of the molecule is CC(C)(C)C(=O)N1CCC[C@@H]1c1nccnc1-c1cccc(C(=O)O)c1. The molecule has 26 heavy (non-hydrogen) atoms. The molecule has 1 amide bonds. The fraction of sp³-hybridized carbons (Fsp3) is 0.400. The minimum absolute atomic E-state index is 0.0934. The second-order valence-electron chi connectivity index (χ2n) is 7.58. The molecule has 0 aliphatic carbocycles. The van der Waals surface area contributed by atoms with Gasteiger partial charge in [0.2, 0.25) is 5.91 Å². The maximum atomic E-state index is 12.8. The van der Waals surface area contributed by atoms with Gasteiger partial charge in [-0.15, -0.1) is 0 Å². The highest BCUT2D eigenvalue weighted by atomic mass is 16.4. The highest BCUT2D eigenvalue weighted by Gasteiger charge is 2.37. The standard InChI is InChI=1S/C20H23N3O3/c1-20(2,3)19(26)23-11-5-8-15(23)17-16(21-9-10-22-17)13-6-4-7-14(12-13)18(24)25/h4,6-7,9-10,12,15H,5,8,11H2,1-3H3,(H,24,25)/t15-/m1/s1. The van der Waals surface area contributed by atoms with Gasteiger partial charge >= 0.3 is 5.97 Å². The minimum Gasteiger partial charge on any atom is -0.478 e. The van der Waals surface area contributed by atoms with Gasteiger partial charge in [-0.1, -0.05) is 32.9 Å². The molecule has 6 nitrogen and oxygen atoms in total. The Labute approximate surface area is 152 Å². The highest BCUT2D eigenvalue weighted by molar-refractivity contribution is 5.89. The third kappa shape index (κ3) is 3.45. The van der Waals surface area contributed by atoms with E-state index in [1.165, 1.54) is 0 Å². The molecule has 0 spiro atoms. The van der Waals surface area contributed by atoms with Gasteiger partial charge < -0.3 is 10.0 Å². The second-order valence-corrected chi connectivity index (χ2v) is 7.58. The van der Waals surface area contributed by atoms with Gasteiger partial charge in [0.25, 0.3) is 0 Å². The number of aromatic nitrogens is 2. The molecular formula is C20H23N3O3. The van der Waals surface area contributed by atoms with Crippen LogP contribution in [0.5, 0.6) is 0 Å². The lowest BCUT2D eigenvalue weighted by molar-refractivity contribution is -0.140. The number of benzene rings is 1. The molecule has 1 fully saturated rings. The molecule has 2 heterocycles. The van der Waals surface area contributed by atoms with Crippen LogP contribution in [-0.4, -0.2) is 38.4 Å². The molecule has 0 radical (unpaired) electrons. The van der Waals surface area contributed by atoms with Crippen molar-refractivity contribution in [3.63, 3.8) is 0 Å². The summed E-state index contributed by atoms with van der Waals surface area (Å²) < 4.78 is 0. The summed E-state index contributed by atoms with van der Waals surface area (Å²) >= 11 is 0. The van der Waals surface area contributed by atoms with Crippen LogP contribution in [-0.2, 0) is 4.79 Å². The molecule has 0 bridgehead atoms. The van der Waals surface area contributed by atoms with Gasteiger partial charge in [0, 0.05) is 29.9 Å². The zero-order valence-corrected chi connectivity index (χ0v) is 15.3. The minimum atomic E-state index is -0.984. The lowest BCUT2D eigenvalue weighted by Crippen LogP contribution is -2.39. The van der Waals surface area contributed by atoms with E-state index in [0.29, 0.717) is 17.8 Å². The molecule has 1 aromatic carbocycles. The summed E-state index contributed by atoms with van der Waals surface area (Å²) in [5.74, 6) is -0.890. The summed E-state index contributed by atoms with van der Waals surface area (Å²) in [4.78, 5) is 35.0. The van der Waals surface area contributed by atoms with Gasteiger partial charge in [-0.25, -0.2) is 4.79 Å². The predicted octanol–water partition coefficient (Wildman–Crippen LogP) is 3.55. The Morgan fingerprint density at radius 2 is 1.92 bits per heavy atom. The Hall–Kier alpha value is -2.76. The quantitative estimate of drug-likeness (QED) is 0.912. The number of aromatic carboxylic acids is 1. The van der Waals surface area contributed by atoms with Crippen molar-refractivity contribution in [1.29, 1.82) is 0 Å². The summed E-state index contributed by atoms with van der Waals surface area (Å²) in [6, 6.07) is 6.53. The first-order valence-corrected chi connectivity index (χ1v) is 8.75. The molecule has 1 aromatic heterocycles. The maximum Gasteiger partial charge on any atom is 0.335 e. The van der Waals surface area contributed by atoms with E-state index in [1.807, 2.05) is 31.7 Å². The van der Waals surface area contributed by atoms with E-state index in [9.17, 15) is 14.7 Å². The number of carboxylic acids is 1. The summed E-state index contributed by atoms with van der Waals surface area (Å²) in [5.41, 5.74) is 1.80. The van der Waals surface area contributed by atoms with Crippen LogP contribution >= 0.6 is 0 Å². The summed E-state index contributed by atoms with van der Waals surface area (Å²) in [5, 5.41) is 9.25. The molecule has 0 saturated carbocycles. The third-order valence-electron chi connectivity index (χ3n) is 4.58. The number of carbonyl (C=O) groups is 2. The monoisotopic (exact) mass is 353 g/mol. The van der Waals surface area contributed by atoms with Crippen molar-refractivity contribution in [2.45, 2.75) is 39.7 Å². The van der Waals surface area contributed by atoms with Crippen LogP contribution in [0.2, 0.25) is 0 Å². The Morgan fingerprint density at radius 1 is 1.19 bits per heavy atom. The largest absolute Gasteiger partial charge is 0.478 e. The van der Waals surface area contributed by atoms with Crippen LogP contribution < -0.4 is 0 Å². The van der Waals surface area contributed by atoms with E-state index < -0.39 is 11.4 Å². The first kappa shape index (κ1) is 18.0.